The van der Waals surface area contributed by atoms with Crippen molar-refractivity contribution < 1.29 is 9.53 Å². The van der Waals surface area contributed by atoms with Gasteiger partial charge in [-0.1, -0.05) is 18.0 Å². The molecule has 1 fully saturated rings. The molecule has 1 aromatic heterocycles. The minimum atomic E-state index is -0.290. The lowest BCUT2D eigenvalue weighted by Gasteiger charge is -2.19. The predicted molar refractivity (Wildman–Crippen MR) is 67.5 cm³/mol. The average molecular weight is 271 g/mol. The van der Waals surface area contributed by atoms with Crippen LogP contribution < -0.4 is 15.8 Å². The summed E-state index contributed by atoms with van der Waals surface area (Å²) in [5.74, 6) is 0.00540. The maximum Gasteiger partial charge on any atom is 0.318 e. The lowest BCUT2D eigenvalue weighted by Crippen LogP contribution is -2.34. The summed E-state index contributed by atoms with van der Waals surface area (Å²) in [6.07, 6.45) is 4.10. The molecular weight excluding hydrogens is 256 g/mol. The summed E-state index contributed by atoms with van der Waals surface area (Å²) in [7, 11) is 1.48. The Morgan fingerprint density at radius 2 is 2.39 bits per heavy atom. The quantitative estimate of drug-likeness (QED) is 0.858. The molecule has 6 nitrogen and oxygen atoms in total. The minimum absolute atomic E-state index is 0.0281. The predicted octanol–water partition coefficient (Wildman–Crippen LogP) is 1.20. The van der Waals surface area contributed by atoms with Gasteiger partial charge >= 0.3 is 6.01 Å². The summed E-state index contributed by atoms with van der Waals surface area (Å²) in [4.78, 5) is 19.3. The summed E-state index contributed by atoms with van der Waals surface area (Å²) in [6.45, 7) is 0. The second kappa shape index (κ2) is 5.39. The second-order valence-corrected chi connectivity index (χ2v) is 4.65. The minimum Gasteiger partial charge on any atom is -0.467 e. The molecule has 0 aromatic carbocycles. The van der Waals surface area contributed by atoms with Crippen molar-refractivity contribution in [3.8, 4) is 6.01 Å². The molecule has 1 saturated carbocycles. The van der Waals surface area contributed by atoms with Gasteiger partial charge in [-0.2, -0.15) is 4.98 Å². The van der Waals surface area contributed by atoms with E-state index in [4.69, 9.17) is 22.1 Å². The van der Waals surface area contributed by atoms with Crippen LogP contribution in [0.2, 0.25) is 5.02 Å². The van der Waals surface area contributed by atoms with E-state index in [0.717, 1.165) is 19.3 Å². The fraction of sp³-hybridized carbons (Fsp3) is 0.545. The Kier molecular flexibility index (Phi) is 3.86. The molecule has 7 heteroatoms. The number of halogens is 1. The number of anilines is 1. The molecule has 1 aromatic rings. The Morgan fingerprint density at radius 1 is 1.61 bits per heavy atom. The van der Waals surface area contributed by atoms with Crippen LogP contribution in [0.15, 0.2) is 6.20 Å². The fourth-order valence-electron chi connectivity index (χ4n) is 2.20. The third kappa shape index (κ3) is 2.64. The first-order valence-electron chi connectivity index (χ1n) is 5.74. The van der Waals surface area contributed by atoms with E-state index in [0.29, 0.717) is 10.8 Å². The molecule has 2 atom stereocenters. The van der Waals surface area contributed by atoms with Crippen LogP contribution in [0.1, 0.15) is 19.3 Å². The molecule has 18 heavy (non-hydrogen) atoms. The van der Waals surface area contributed by atoms with Crippen LogP contribution in [0, 0.1) is 5.92 Å². The Balaban J connectivity index is 2.15. The molecule has 1 aliphatic rings. The van der Waals surface area contributed by atoms with E-state index in [1.54, 1.807) is 0 Å². The van der Waals surface area contributed by atoms with Crippen LogP contribution in [0.3, 0.4) is 0 Å². The van der Waals surface area contributed by atoms with Gasteiger partial charge in [-0.15, -0.1) is 0 Å². The summed E-state index contributed by atoms with van der Waals surface area (Å²) in [6, 6.07) is 0.204. The average Bonchev–Trinajstić information content (AvgIpc) is 2.80. The van der Waals surface area contributed by atoms with E-state index in [1.165, 1.54) is 13.3 Å². The summed E-state index contributed by atoms with van der Waals surface area (Å²) >= 11 is 6.00. The number of carbonyl (C=O) groups excluding carboxylic acids is 1. The third-order valence-electron chi connectivity index (χ3n) is 3.11. The number of nitrogens with one attached hydrogen (secondary N) is 1. The number of ether oxygens (including phenoxy) is 1. The van der Waals surface area contributed by atoms with Crippen molar-refractivity contribution in [2.45, 2.75) is 25.3 Å². The topological polar surface area (TPSA) is 90.1 Å². The maximum absolute atomic E-state index is 11.3. The highest BCUT2D eigenvalue weighted by molar-refractivity contribution is 6.32. The molecule has 3 N–H and O–H groups in total. The molecule has 98 valence electrons. The number of hydrogen-bond donors (Lipinski definition) is 2. The van der Waals surface area contributed by atoms with Crippen LogP contribution in [-0.4, -0.2) is 29.0 Å². The number of amides is 1. The van der Waals surface area contributed by atoms with Gasteiger partial charge < -0.3 is 15.8 Å². The van der Waals surface area contributed by atoms with Gasteiger partial charge in [0.25, 0.3) is 0 Å². The number of primary amides is 1. The van der Waals surface area contributed by atoms with E-state index in [9.17, 15) is 4.79 Å². The normalized spacial score (nSPS) is 22.8. The number of hydrogen-bond acceptors (Lipinski definition) is 5. The first-order chi connectivity index (χ1) is 8.61. The van der Waals surface area contributed by atoms with Crippen molar-refractivity contribution in [2.75, 3.05) is 12.4 Å². The van der Waals surface area contributed by atoms with Gasteiger partial charge in [-0.05, 0) is 12.8 Å². The van der Waals surface area contributed by atoms with E-state index >= 15 is 0 Å². The number of rotatable bonds is 4. The van der Waals surface area contributed by atoms with E-state index in [-0.39, 0.29) is 23.9 Å². The lowest BCUT2D eigenvalue weighted by molar-refractivity contribution is -0.121. The zero-order chi connectivity index (χ0) is 13.1. The van der Waals surface area contributed by atoms with Crippen molar-refractivity contribution in [1.82, 2.24) is 9.97 Å². The highest BCUT2D eigenvalue weighted by Gasteiger charge is 2.32. The maximum atomic E-state index is 11.3. The number of nitrogens with zero attached hydrogens (tertiary/aromatic N) is 2. The Morgan fingerprint density at radius 3 is 3.06 bits per heavy atom. The molecule has 0 radical (unpaired) electrons. The molecule has 0 saturated heterocycles. The van der Waals surface area contributed by atoms with Crippen molar-refractivity contribution in [2.24, 2.45) is 11.7 Å². The first-order valence-corrected chi connectivity index (χ1v) is 6.12. The van der Waals surface area contributed by atoms with Crippen molar-refractivity contribution in [1.29, 1.82) is 0 Å². The number of aromatic nitrogens is 2. The van der Waals surface area contributed by atoms with Crippen LogP contribution >= 0.6 is 11.6 Å². The van der Waals surface area contributed by atoms with Crippen LogP contribution in [0.5, 0.6) is 6.01 Å². The van der Waals surface area contributed by atoms with Gasteiger partial charge in [0.05, 0.1) is 19.2 Å². The number of nitrogens with two attached hydrogens (primary N) is 1. The van der Waals surface area contributed by atoms with Gasteiger partial charge in [0, 0.05) is 6.04 Å². The summed E-state index contributed by atoms with van der Waals surface area (Å²) in [5.41, 5.74) is 5.37. The Labute approximate surface area is 110 Å². The van der Waals surface area contributed by atoms with Crippen molar-refractivity contribution in [3.63, 3.8) is 0 Å². The molecule has 1 amide bonds. The van der Waals surface area contributed by atoms with Crippen LogP contribution in [0.4, 0.5) is 5.82 Å². The van der Waals surface area contributed by atoms with Crippen molar-refractivity contribution >= 4 is 23.3 Å². The molecule has 1 aliphatic carbocycles. The zero-order valence-corrected chi connectivity index (χ0v) is 10.8. The largest absolute Gasteiger partial charge is 0.467 e. The summed E-state index contributed by atoms with van der Waals surface area (Å²) < 4.78 is 4.94. The second-order valence-electron chi connectivity index (χ2n) is 4.24. The molecule has 2 unspecified atom stereocenters. The molecule has 0 aliphatic heterocycles. The van der Waals surface area contributed by atoms with Gasteiger partial charge in [0.15, 0.2) is 5.82 Å². The summed E-state index contributed by atoms with van der Waals surface area (Å²) in [5, 5.41) is 3.55. The monoisotopic (exact) mass is 270 g/mol. The molecular formula is C11H15ClN4O2. The Bertz CT molecular complexity index is 455. The molecule has 0 spiro atoms. The lowest BCUT2D eigenvalue weighted by atomic mass is 10.0. The van der Waals surface area contributed by atoms with E-state index < -0.39 is 0 Å². The Hall–Kier alpha value is -1.56. The fourth-order valence-corrected chi connectivity index (χ4v) is 2.35. The van der Waals surface area contributed by atoms with Gasteiger partial charge in [-0.3, -0.25) is 4.79 Å². The SMILES string of the molecule is COc1ncc(Cl)c(NC2CCCC2C(N)=O)n1. The number of carbonyl (C=O) groups is 1. The highest BCUT2D eigenvalue weighted by Crippen LogP contribution is 2.30. The molecule has 0 bridgehead atoms. The van der Waals surface area contributed by atoms with E-state index in [1.807, 2.05) is 0 Å². The highest BCUT2D eigenvalue weighted by atomic mass is 35.5. The van der Waals surface area contributed by atoms with Gasteiger partial charge in [0.1, 0.15) is 5.02 Å². The van der Waals surface area contributed by atoms with Crippen molar-refractivity contribution in [3.05, 3.63) is 11.2 Å². The van der Waals surface area contributed by atoms with Crippen LogP contribution in [-0.2, 0) is 4.79 Å². The smallest absolute Gasteiger partial charge is 0.318 e. The molecule has 2 rings (SSSR count). The van der Waals surface area contributed by atoms with Gasteiger partial charge in [0.2, 0.25) is 5.91 Å². The number of methoxy groups -OCH3 is 1. The standard InChI is InChI=1S/C11H15ClN4O2/c1-18-11-14-5-7(12)10(16-11)15-8-4-2-3-6(8)9(13)17/h5-6,8H,2-4H2,1H3,(H2,13,17)(H,14,15,16). The van der Waals surface area contributed by atoms with Gasteiger partial charge in [-0.25, -0.2) is 4.98 Å². The molecule has 1 heterocycles. The first kappa shape index (κ1) is 12.9. The zero-order valence-electron chi connectivity index (χ0n) is 10.0. The van der Waals surface area contributed by atoms with Crippen LogP contribution in [0.25, 0.3) is 0 Å². The van der Waals surface area contributed by atoms with E-state index in [2.05, 4.69) is 15.3 Å². The third-order valence-corrected chi connectivity index (χ3v) is 3.38.